The molecule has 3 fully saturated rings. The van der Waals surface area contributed by atoms with Crippen LogP contribution in [0.5, 0.6) is 0 Å². The molecule has 1 aliphatic heterocycles. The molecule has 2 aliphatic carbocycles. The van der Waals surface area contributed by atoms with Gasteiger partial charge in [-0.05, 0) is 50.4 Å². The van der Waals surface area contributed by atoms with Crippen LogP contribution in [-0.2, 0) is 9.59 Å². The Kier molecular flexibility index (Phi) is 3.25. The number of likely N-dealkylation sites (tertiary alicyclic amines) is 1. The molecule has 106 valence electrons. The maximum absolute atomic E-state index is 12.7. The lowest BCUT2D eigenvalue weighted by molar-refractivity contribution is -0.155. The average Bonchev–Trinajstić information content (AvgIpc) is 2.98. The standard InChI is InChI=1S/C14H22N2O3/c15-12-9-5-4-8(7-9)11(12)13(17)16-6-2-1-3-10(16)14(18)19/h8-12H,1-7,15H2,(H,18,19)/t8?,9?,10-,11?,12?/m1/s1. The van der Waals surface area contributed by atoms with Crippen molar-refractivity contribution in [3.05, 3.63) is 0 Å². The third kappa shape index (κ3) is 2.04. The molecule has 5 atom stereocenters. The van der Waals surface area contributed by atoms with Crippen LogP contribution < -0.4 is 5.73 Å². The van der Waals surface area contributed by atoms with E-state index in [4.69, 9.17) is 5.73 Å². The number of carboxylic acids is 1. The third-order valence-corrected chi connectivity index (χ3v) is 5.34. The molecule has 1 saturated heterocycles. The van der Waals surface area contributed by atoms with E-state index in [2.05, 4.69) is 0 Å². The normalized spacial score (nSPS) is 41.5. The van der Waals surface area contributed by atoms with Gasteiger partial charge in [-0.25, -0.2) is 4.79 Å². The molecule has 1 amide bonds. The van der Waals surface area contributed by atoms with Gasteiger partial charge in [-0.2, -0.15) is 0 Å². The second kappa shape index (κ2) is 4.78. The number of aliphatic carboxylic acids is 1. The molecule has 5 nitrogen and oxygen atoms in total. The van der Waals surface area contributed by atoms with Gasteiger partial charge in [-0.1, -0.05) is 0 Å². The van der Waals surface area contributed by atoms with Crippen molar-refractivity contribution in [3.63, 3.8) is 0 Å². The molecule has 2 bridgehead atoms. The maximum atomic E-state index is 12.7. The summed E-state index contributed by atoms with van der Waals surface area (Å²) in [6, 6.07) is -0.685. The molecule has 3 aliphatic rings. The molecule has 5 heteroatoms. The molecule has 3 rings (SSSR count). The molecule has 3 N–H and O–H groups in total. The maximum Gasteiger partial charge on any atom is 0.326 e. The predicted molar refractivity (Wildman–Crippen MR) is 69.3 cm³/mol. The average molecular weight is 266 g/mol. The minimum absolute atomic E-state index is 0.00630. The van der Waals surface area contributed by atoms with Crippen molar-refractivity contribution in [3.8, 4) is 0 Å². The van der Waals surface area contributed by atoms with Gasteiger partial charge < -0.3 is 15.7 Å². The Hall–Kier alpha value is -1.10. The first-order valence-corrected chi connectivity index (χ1v) is 7.38. The van der Waals surface area contributed by atoms with Crippen molar-refractivity contribution in [2.45, 2.75) is 50.6 Å². The molecule has 2 saturated carbocycles. The number of carboxylic acid groups (broad SMARTS) is 1. The highest BCUT2D eigenvalue weighted by Gasteiger charge is 2.51. The van der Waals surface area contributed by atoms with E-state index >= 15 is 0 Å². The summed E-state index contributed by atoms with van der Waals surface area (Å²) in [7, 11) is 0. The van der Waals surface area contributed by atoms with E-state index in [1.807, 2.05) is 0 Å². The summed E-state index contributed by atoms with van der Waals surface area (Å²) in [5.74, 6) is -0.119. The van der Waals surface area contributed by atoms with Gasteiger partial charge in [0.1, 0.15) is 6.04 Å². The van der Waals surface area contributed by atoms with E-state index in [1.54, 1.807) is 4.90 Å². The molecular weight excluding hydrogens is 244 g/mol. The van der Waals surface area contributed by atoms with Crippen LogP contribution in [0.4, 0.5) is 0 Å². The quantitative estimate of drug-likeness (QED) is 0.775. The summed E-state index contributed by atoms with van der Waals surface area (Å²) in [5, 5.41) is 9.27. The molecular formula is C14H22N2O3. The number of carbonyl (C=O) groups excluding carboxylic acids is 1. The Morgan fingerprint density at radius 1 is 1.11 bits per heavy atom. The summed E-state index contributed by atoms with van der Waals surface area (Å²) in [6.07, 6.45) is 5.66. The Bertz CT molecular complexity index is 396. The zero-order valence-electron chi connectivity index (χ0n) is 11.1. The van der Waals surface area contributed by atoms with Crippen molar-refractivity contribution in [1.29, 1.82) is 0 Å². The van der Waals surface area contributed by atoms with Crippen LogP contribution in [0.15, 0.2) is 0 Å². The van der Waals surface area contributed by atoms with Crippen LogP contribution in [0, 0.1) is 17.8 Å². The number of hydrogen-bond acceptors (Lipinski definition) is 3. The molecule has 0 radical (unpaired) electrons. The highest BCUT2D eigenvalue weighted by Crippen LogP contribution is 2.48. The first kappa shape index (κ1) is 12.9. The Labute approximate surface area is 113 Å². The van der Waals surface area contributed by atoms with Gasteiger partial charge in [0, 0.05) is 12.6 Å². The highest BCUT2D eigenvalue weighted by molar-refractivity contribution is 5.86. The highest BCUT2D eigenvalue weighted by atomic mass is 16.4. The minimum Gasteiger partial charge on any atom is -0.480 e. The number of fused-ring (bicyclic) bond motifs is 2. The molecule has 19 heavy (non-hydrogen) atoms. The number of amides is 1. The van der Waals surface area contributed by atoms with Crippen molar-refractivity contribution < 1.29 is 14.7 Å². The van der Waals surface area contributed by atoms with E-state index in [0.29, 0.717) is 24.8 Å². The lowest BCUT2D eigenvalue weighted by atomic mass is 9.83. The first-order valence-electron chi connectivity index (χ1n) is 7.38. The summed E-state index contributed by atoms with van der Waals surface area (Å²) in [4.78, 5) is 25.6. The summed E-state index contributed by atoms with van der Waals surface area (Å²) in [5.41, 5.74) is 6.20. The number of nitrogens with two attached hydrogens (primary N) is 1. The van der Waals surface area contributed by atoms with Crippen LogP contribution >= 0.6 is 0 Å². The van der Waals surface area contributed by atoms with Gasteiger partial charge >= 0.3 is 5.97 Å². The largest absolute Gasteiger partial charge is 0.480 e. The van der Waals surface area contributed by atoms with Crippen LogP contribution in [0.3, 0.4) is 0 Å². The zero-order chi connectivity index (χ0) is 13.6. The van der Waals surface area contributed by atoms with Gasteiger partial charge in [-0.3, -0.25) is 4.79 Å². The van der Waals surface area contributed by atoms with Crippen molar-refractivity contribution >= 4 is 11.9 Å². The fourth-order valence-electron chi connectivity index (χ4n) is 4.35. The number of nitrogens with zero attached hydrogens (tertiary/aromatic N) is 1. The van der Waals surface area contributed by atoms with Crippen molar-refractivity contribution in [2.24, 2.45) is 23.5 Å². The zero-order valence-corrected chi connectivity index (χ0v) is 11.1. The van der Waals surface area contributed by atoms with E-state index in [1.165, 1.54) is 0 Å². The number of carbonyl (C=O) groups is 2. The van der Waals surface area contributed by atoms with Crippen LogP contribution in [0.1, 0.15) is 38.5 Å². The van der Waals surface area contributed by atoms with Gasteiger partial charge in [0.25, 0.3) is 0 Å². The SMILES string of the molecule is NC1C2CCC(C2)C1C(=O)N1CCCC[C@@H]1C(=O)O. The summed E-state index contributed by atoms with van der Waals surface area (Å²) >= 11 is 0. The van der Waals surface area contributed by atoms with E-state index < -0.39 is 12.0 Å². The molecule has 0 aromatic heterocycles. The fourth-order valence-corrected chi connectivity index (χ4v) is 4.35. The Balaban J connectivity index is 1.77. The van der Waals surface area contributed by atoms with Gasteiger partial charge in [0.05, 0.1) is 5.92 Å². The topological polar surface area (TPSA) is 83.6 Å². The lowest BCUT2D eigenvalue weighted by Crippen LogP contribution is -2.54. The molecule has 0 aromatic carbocycles. The number of rotatable bonds is 2. The van der Waals surface area contributed by atoms with E-state index in [0.717, 1.165) is 32.1 Å². The predicted octanol–water partition coefficient (Wildman–Crippen LogP) is 0.825. The van der Waals surface area contributed by atoms with Gasteiger partial charge in [-0.15, -0.1) is 0 Å². The minimum atomic E-state index is -0.871. The number of hydrogen-bond donors (Lipinski definition) is 2. The van der Waals surface area contributed by atoms with E-state index in [-0.39, 0.29) is 17.9 Å². The van der Waals surface area contributed by atoms with Gasteiger partial charge in [0.2, 0.25) is 5.91 Å². The fraction of sp³-hybridized carbons (Fsp3) is 0.857. The van der Waals surface area contributed by atoms with Crippen LogP contribution in [0.25, 0.3) is 0 Å². The second-order valence-electron chi connectivity index (χ2n) is 6.32. The van der Waals surface area contributed by atoms with Crippen molar-refractivity contribution in [2.75, 3.05) is 6.54 Å². The monoisotopic (exact) mass is 266 g/mol. The van der Waals surface area contributed by atoms with Gasteiger partial charge in [0.15, 0.2) is 0 Å². The Morgan fingerprint density at radius 3 is 2.47 bits per heavy atom. The van der Waals surface area contributed by atoms with E-state index in [9.17, 15) is 14.7 Å². The lowest BCUT2D eigenvalue weighted by Gasteiger charge is -2.38. The van der Waals surface area contributed by atoms with Crippen LogP contribution in [0.2, 0.25) is 0 Å². The van der Waals surface area contributed by atoms with Crippen molar-refractivity contribution in [1.82, 2.24) is 4.90 Å². The number of piperidine rings is 1. The summed E-state index contributed by atoms with van der Waals surface area (Å²) < 4.78 is 0. The molecule has 0 aromatic rings. The molecule has 1 heterocycles. The van der Waals surface area contributed by atoms with Crippen LogP contribution in [-0.4, -0.2) is 40.5 Å². The summed E-state index contributed by atoms with van der Waals surface area (Å²) in [6.45, 7) is 0.580. The molecule has 0 spiro atoms. The molecule has 4 unspecified atom stereocenters. The first-order chi connectivity index (χ1) is 9.09. The second-order valence-corrected chi connectivity index (χ2v) is 6.32. The smallest absolute Gasteiger partial charge is 0.326 e. The Morgan fingerprint density at radius 2 is 1.84 bits per heavy atom. The third-order valence-electron chi connectivity index (χ3n) is 5.34.